The Kier molecular flexibility index (Phi) is 3.76. The number of amides is 1. The van der Waals surface area contributed by atoms with Crippen LogP contribution in [-0.4, -0.2) is 40.2 Å². The minimum Gasteiger partial charge on any atom is -0.394 e. The van der Waals surface area contributed by atoms with Crippen molar-refractivity contribution in [2.24, 2.45) is 5.92 Å². The monoisotopic (exact) mass is 242 g/mol. The van der Waals surface area contributed by atoms with E-state index in [0.717, 1.165) is 38.6 Å². The van der Waals surface area contributed by atoms with Gasteiger partial charge in [-0.3, -0.25) is 4.79 Å². The van der Waals surface area contributed by atoms with Crippen LogP contribution in [0.15, 0.2) is 0 Å². The van der Waals surface area contributed by atoms with E-state index in [1.165, 1.54) is 0 Å². The van der Waals surface area contributed by atoms with Crippen molar-refractivity contribution in [1.82, 2.24) is 10.2 Å². The number of piperidine rings is 1. The first-order valence-corrected chi connectivity index (χ1v) is 6.35. The van der Waals surface area contributed by atoms with Gasteiger partial charge in [-0.15, -0.1) is 0 Å². The fraction of sp³-hybridized carbons (Fsp3) is 0.818. The molecule has 5 heteroatoms. The van der Waals surface area contributed by atoms with E-state index < -0.39 is 0 Å². The fourth-order valence-electron chi connectivity index (χ4n) is 2.08. The second kappa shape index (κ2) is 5.10. The molecular formula is C11H18N2O2S. The number of aliphatic hydroxyl groups excluding tert-OH is 1. The van der Waals surface area contributed by atoms with Crippen molar-refractivity contribution in [2.75, 3.05) is 13.2 Å². The molecule has 0 spiro atoms. The Morgan fingerprint density at radius 2 is 2.12 bits per heavy atom. The topological polar surface area (TPSA) is 52.6 Å². The van der Waals surface area contributed by atoms with Crippen molar-refractivity contribution in [3.63, 3.8) is 0 Å². The summed E-state index contributed by atoms with van der Waals surface area (Å²) in [5, 5.41) is 12.5. The minimum absolute atomic E-state index is 0.0484. The Hall–Kier alpha value is -0.680. The molecule has 0 radical (unpaired) electrons. The predicted molar refractivity (Wildman–Crippen MR) is 64.9 cm³/mol. The molecule has 4 nitrogen and oxygen atoms in total. The van der Waals surface area contributed by atoms with E-state index in [2.05, 4.69) is 5.32 Å². The second-order valence-electron chi connectivity index (χ2n) is 4.59. The van der Waals surface area contributed by atoms with Gasteiger partial charge in [0.25, 0.3) is 0 Å². The fourth-order valence-corrected chi connectivity index (χ4v) is 2.42. The highest BCUT2D eigenvalue weighted by molar-refractivity contribution is 7.80. The SMILES string of the molecule is O=C(NC(=S)N1CCCC[C@H]1CO)C1CC1. The summed E-state index contributed by atoms with van der Waals surface area (Å²) in [4.78, 5) is 13.5. The van der Waals surface area contributed by atoms with Crippen LogP contribution < -0.4 is 5.32 Å². The molecule has 1 aliphatic heterocycles. The molecule has 1 amide bonds. The Morgan fingerprint density at radius 3 is 2.75 bits per heavy atom. The van der Waals surface area contributed by atoms with Crippen LogP contribution in [0.25, 0.3) is 0 Å². The van der Waals surface area contributed by atoms with Gasteiger partial charge in [0.2, 0.25) is 5.91 Å². The normalized spacial score (nSPS) is 25.3. The summed E-state index contributed by atoms with van der Waals surface area (Å²) in [5.41, 5.74) is 0. The molecule has 0 bridgehead atoms. The van der Waals surface area contributed by atoms with Crippen molar-refractivity contribution in [2.45, 2.75) is 38.1 Å². The van der Waals surface area contributed by atoms with Gasteiger partial charge in [-0.1, -0.05) is 0 Å². The maximum atomic E-state index is 11.6. The molecule has 1 atom stereocenters. The number of thiocarbonyl (C=S) groups is 1. The van der Waals surface area contributed by atoms with Crippen LogP contribution in [0, 0.1) is 5.92 Å². The molecule has 0 unspecified atom stereocenters. The third-order valence-electron chi connectivity index (χ3n) is 3.28. The highest BCUT2D eigenvalue weighted by atomic mass is 32.1. The Labute approximate surface area is 101 Å². The first-order chi connectivity index (χ1) is 7.72. The van der Waals surface area contributed by atoms with Crippen molar-refractivity contribution in [3.8, 4) is 0 Å². The third kappa shape index (κ3) is 2.71. The highest BCUT2D eigenvalue weighted by Gasteiger charge is 2.32. The zero-order chi connectivity index (χ0) is 11.5. The summed E-state index contributed by atoms with van der Waals surface area (Å²) in [6.07, 6.45) is 5.13. The molecule has 16 heavy (non-hydrogen) atoms. The predicted octanol–water partition coefficient (Wildman–Crippen LogP) is 0.644. The molecule has 0 aromatic rings. The van der Waals surface area contributed by atoms with E-state index in [4.69, 9.17) is 12.2 Å². The van der Waals surface area contributed by atoms with E-state index in [1.54, 1.807) is 0 Å². The standard InChI is InChI=1S/C11H18N2O2S/c14-7-9-3-1-2-6-13(9)11(16)12-10(15)8-4-5-8/h8-9,14H,1-7H2,(H,12,15,16)/t9-/m0/s1. The van der Waals surface area contributed by atoms with Crippen LogP contribution >= 0.6 is 12.2 Å². The Morgan fingerprint density at radius 1 is 1.38 bits per heavy atom. The van der Waals surface area contributed by atoms with Crippen molar-refractivity contribution < 1.29 is 9.90 Å². The summed E-state index contributed by atoms with van der Waals surface area (Å²) < 4.78 is 0. The zero-order valence-electron chi connectivity index (χ0n) is 9.32. The lowest BCUT2D eigenvalue weighted by Crippen LogP contribution is -2.51. The molecule has 90 valence electrons. The summed E-state index contributed by atoms with van der Waals surface area (Å²) in [6.45, 7) is 0.953. The molecule has 1 heterocycles. The molecule has 1 saturated heterocycles. The summed E-state index contributed by atoms with van der Waals surface area (Å²) in [6, 6.07) is 0.0840. The molecule has 2 N–H and O–H groups in total. The van der Waals surface area contributed by atoms with Gasteiger partial charge in [0.1, 0.15) is 0 Å². The molecule has 0 aromatic carbocycles. The largest absolute Gasteiger partial charge is 0.394 e. The van der Waals surface area contributed by atoms with Crippen LogP contribution in [-0.2, 0) is 4.79 Å². The van der Waals surface area contributed by atoms with Crippen molar-refractivity contribution in [1.29, 1.82) is 0 Å². The average molecular weight is 242 g/mol. The summed E-state index contributed by atoms with van der Waals surface area (Å²) >= 11 is 5.22. The van der Waals surface area contributed by atoms with Crippen LogP contribution in [0.2, 0.25) is 0 Å². The first-order valence-electron chi connectivity index (χ1n) is 5.94. The van der Waals surface area contributed by atoms with Gasteiger partial charge in [0.05, 0.1) is 12.6 Å². The number of hydrogen-bond acceptors (Lipinski definition) is 3. The number of nitrogens with one attached hydrogen (secondary N) is 1. The van der Waals surface area contributed by atoms with E-state index in [0.29, 0.717) is 5.11 Å². The van der Waals surface area contributed by atoms with Crippen LogP contribution in [0.3, 0.4) is 0 Å². The summed E-state index contributed by atoms with van der Waals surface area (Å²) in [7, 11) is 0. The van der Waals surface area contributed by atoms with E-state index in [-0.39, 0.29) is 24.5 Å². The molecular weight excluding hydrogens is 224 g/mol. The number of hydrogen-bond donors (Lipinski definition) is 2. The maximum absolute atomic E-state index is 11.6. The smallest absolute Gasteiger partial charge is 0.229 e. The van der Waals surface area contributed by atoms with E-state index >= 15 is 0 Å². The number of nitrogens with zero attached hydrogens (tertiary/aromatic N) is 1. The van der Waals surface area contributed by atoms with Crippen LogP contribution in [0.4, 0.5) is 0 Å². The Balaban J connectivity index is 1.88. The lowest BCUT2D eigenvalue weighted by molar-refractivity contribution is -0.121. The molecule has 0 aromatic heterocycles. The molecule has 2 aliphatic rings. The highest BCUT2D eigenvalue weighted by Crippen LogP contribution is 2.29. The van der Waals surface area contributed by atoms with E-state index in [9.17, 15) is 9.90 Å². The van der Waals surface area contributed by atoms with Crippen molar-refractivity contribution >= 4 is 23.2 Å². The second-order valence-corrected chi connectivity index (χ2v) is 4.98. The molecule has 1 saturated carbocycles. The van der Waals surface area contributed by atoms with Crippen LogP contribution in [0.5, 0.6) is 0 Å². The van der Waals surface area contributed by atoms with E-state index in [1.807, 2.05) is 4.90 Å². The number of aliphatic hydroxyl groups is 1. The first kappa shape index (κ1) is 11.8. The number of likely N-dealkylation sites (tertiary alicyclic amines) is 1. The van der Waals surface area contributed by atoms with Gasteiger partial charge in [0, 0.05) is 12.5 Å². The minimum atomic E-state index is 0.0484. The van der Waals surface area contributed by atoms with Gasteiger partial charge in [-0.2, -0.15) is 0 Å². The zero-order valence-corrected chi connectivity index (χ0v) is 10.1. The van der Waals surface area contributed by atoms with Gasteiger partial charge >= 0.3 is 0 Å². The lowest BCUT2D eigenvalue weighted by Gasteiger charge is -2.36. The number of rotatable bonds is 2. The quantitative estimate of drug-likeness (QED) is 0.698. The summed E-state index contributed by atoms with van der Waals surface area (Å²) in [5.74, 6) is 0.225. The maximum Gasteiger partial charge on any atom is 0.229 e. The van der Waals surface area contributed by atoms with Gasteiger partial charge in [-0.05, 0) is 44.3 Å². The molecule has 2 fully saturated rings. The molecule has 1 aliphatic carbocycles. The molecule has 2 rings (SSSR count). The average Bonchev–Trinajstić information content (AvgIpc) is 3.12. The van der Waals surface area contributed by atoms with Gasteiger partial charge in [-0.25, -0.2) is 0 Å². The van der Waals surface area contributed by atoms with Crippen molar-refractivity contribution in [3.05, 3.63) is 0 Å². The van der Waals surface area contributed by atoms with Crippen LogP contribution in [0.1, 0.15) is 32.1 Å². The number of carbonyl (C=O) groups is 1. The number of carbonyl (C=O) groups excluding carboxylic acids is 1. The Bertz CT molecular complexity index is 292. The third-order valence-corrected chi connectivity index (χ3v) is 3.61. The van der Waals surface area contributed by atoms with Gasteiger partial charge < -0.3 is 15.3 Å². The van der Waals surface area contributed by atoms with Gasteiger partial charge in [0.15, 0.2) is 5.11 Å². The lowest BCUT2D eigenvalue weighted by atomic mass is 10.0.